The Balaban J connectivity index is 1.87. The quantitative estimate of drug-likeness (QED) is 0.115. The number of esters is 3. The van der Waals surface area contributed by atoms with Crippen molar-refractivity contribution in [1.82, 2.24) is 0 Å². The largest absolute Gasteiger partial charge is 0.465 e. The van der Waals surface area contributed by atoms with E-state index in [9.17, 15) is 14.4 Å². The van der Waals surface area contributed by atoms with Crippen LogP contribution in [0.15, 0.2) is 143 Å². The van der Waals surface area contributed by atoms with Gasteiger partial charge in [-0.05, 0) is 62.4 Å². The molecule has 0 aromatic heterocycles. The number of benzene rings is 4. The highest BCUT2D eigenvalue weighted by Gasteiger charge is 2.67. The minimum Gasteiger partial charge on any atom is -0.465 e. The second kappa shape index (κ2) is 13.7. The van der Waals surface area contributed by atoms with Crippen LogP contribution in [0.2, 0.25) is 5.02 Å². The van der Waals surface area contributed by atoms with Crippen molar-refractivity contribution in [2.75, 3.05) is 35.6 Å². The Morgan fingerprint density at radius 3 is 1.84 bits per heavy atom. The number of hydrazone groups is 1. The van der Waals surface area contributed by atoms with Gasteiger partial charge >= 0.3 is 17.9 Å². The van der Waals surface area contributed by atoms with Gasteiger partial charge in [0.1, 0.15) is 11.3 Å². The minimum absolute atomic E-state index is 0.0785. The molecule has 2 aliphatic rings. The third kappa shape index (κ3) is 5.49. The molecule has 2 heterocycles. The van der Waals surface area contributed by atoms with Gasteiger partial charge < -0.3 is 19.1 Å². The number of anilines is 3. The van der Waals surface area contributed by atoms with Crippen molar-refractivity contribution in [1.29, 1.82) is 0 Å². The summed E-state index contributed by atoms with van der Waals surface area (Å²) in [6, 6.07) is 34.6. The molecular weight excluding hydrogens is 644 g/mol. The molecule has 4 aromatic carbocycles. The van der Waals surface area contributed by atoms with Crippen molar-refractivity contribution >= 4 is 52.4 Å². The molecule has 0 aliphatic carbocycles. The molecule has 0 fully saturated rings. The second-order valence-electron chi connectivity index (χ2n) is 11.0. The van der Waals surface area contributed by atoms with Gasteiger partial charge in [0.05, 0.1) is 37.8 Å². The van der Waals surface area contributed by atoms with E-state index in [1.807, 2.05) is 95.9 Å². The SMILES string of the molecule is CCOC(=O)C(C)=C1N(c2ccc(Cl)cc2)C(C(=O)OC)=C(C(=O)OC)C12N(c1ccccc1)N=C(c1ccccc1)N2c1ccccc1. The predicted octanol–water partition coefficient (Wildman–Crippen LogP) is 6.68. The molecule has 0 N–H and O–H groups in total. The Labute approximate surface area is 289 Å². The summed E-state index contributed by atoms with van der Waals surface area (Å²) in [6.07, 6.45) is 0. The number of hydrogen-bond donors (Lipinski definition) is 0. The molecule has 4 aromatic rings. The summed E-state index contributed by atoms with van der Waals surface area (Å²) in [6.45, 7) is 3.38. The number of carbonyl (C=O) groups excluding carboxylic acids is 3. The Kier molecular flexibility index (Phi) is 9.24. The zero-order chi connectivity index (χ0) is 34.7. The smallest absolute Gasteiger partial charge is 0.355 e. The molecule has 0 amide bonds. The normalized spacial score (nSPS) is 18.1. The van der Waals surface area contributed by atoms with Crippen molar-refractivity contribution in [2.45, 2.75) is 19.5 Å². The van der Waals surface area contributed by atoms with Crippen LogP contribution in [-0.2, 0) is 28.6 Å². The van der Waals surface area contributed by atoms with Gasteiger partial charge in [-0.1, -0.05) is 78.3 Å². The summed E-state index contributed by atoms with van der Waals surface area (Å²) < 4.78 is 16.5. The lowest BCUT2D eigenvalue weighted by molar-refractivity contribution is -0.139. The third-order valence-corrected chi connectivity index (χ3v) is 8.49. The van der Waals surface area contributed by atoms with Crippen LogP contribution in [0.1, 0.15) is 19.4 Å². The van der Waals surface area contributed by atoms with E-state index < -0.39 is 23.6 Å². The lowest BCUT2D eigenvalue weighted by atomic mass is 9.90. The van der Waals surface area contributed by atoms with Gasteiger partial charge in [-0.15, -0.1) is 0 Å². The average Bonchev–Trinajstić information content (AvgIpc) is 3.65. The maximum atomic E-state index is 14.5. The average molecular weight is 677 g/mol. The fraction of sp³-hybridized carbons (Fsp3) is 0.158. The second-order valence-corrected chi connectivity index (χ2v) is 11.4. The molecule has 49 heavy (non-hydrogen) atoms. The molecule has 11 heteroatoms. The minimum atomic E-state index is -1.87. The monoisotopic (exact) mass is 676 g/mol. The molecule has 0 saturated carbocycles. The number of para-hydroxylation sites is 2. The first kappa shape index (κ1) is 33.0. The van der Waals surface area contributed by atoms with Gasteiger partial charge in [0.2, 0.25) is 5.66 Å². The van der Waals surface area contributed by atoms with Crippen LogP contribution in [0.25, 0.3) is 0 Å². The van der Waals surface area contributed by atoms with Crippen LogP contribution < -0.4 is 14.8 Å². The van der Waals surface area contributed by atoms with Crippen molar-refractivity contribution in [3.05, 3.63) is 148 Å². The van der Waals surface area contributed by atoms with Gasteiger partial charge in [0, 0.05) is 22.0 Å². The van der Waals surface area contributed by atoms with Crippen LogP contribution in [0.3, 0.4) is 0 Å². The standard InChI is InChI=1S/C38H33ClN4O6/c1-5-49-35(44)25(2)33-38(31(36(45)47-3)32(37(46)48-4)41(33)28-23-21-27(39)22-24-28)42(29-17-11-7-12-18-29)34(26-15-9-6-10-16-26)40-43(38)30-19-13-8-14-20-30/h6-24H,5H2,1-4H3. The van der Waals surface area contributed by atoms with E-state index in [0.29, 0.717) is 33.5 Å². The molecule has 0 bridgehead atoms. The van der Waals surface area contributed by atoms with E-state index in [0.717, 1.165) is 0 Å². The third-order valence-electron chi connectivity index (χ3n) is 8.24. The number of ether oxygens (including phenoxy) is 3. The van der Waals surface area contributed by atoms with E-state index in [-0.39, 0.29) is 29.1 Å². The number of rotatable bonds is 8. The van der Waals surface area contributed by atoms with Gasteiger partial charge in [0.15, 0.2) is 5.84 Å². The van der Waals surface area contributed by atoms with E-state index in [4.69, 9.17) is 30.9 Å². The Bertz CT molecular complexity index is 1980. The summed E-state index contributed by atoms with van der Waals surface area (Å²) in [5.74, 6) is -1.94. The summed E-state index contributed by atoms with van der Waals surface area (Å²) in [7, 11) is 2.46. The number of halogens is 1. The molecule has 0 saturated heterocycles. The summed E-state index contributed by atoms with van der Waals surface area (Å²) in [4.78, 5) is 46.0. The van der Waals surface area contributed by atoms with Gasteiger partial charge in [0.25, 0.3) is 0 Å². The highest BCUT2D eigenvalue weighted by molar-refractivity contribution is 6.30. The Morgan fingerprint density at radius 1 is 0.735 bits per heavy atom. The first-order valence-electron chi connectivity index (χ1n) is 15.5. The lowest BCUT2D eigenvalue weighted by Gasteiger charge is -2.44. The molecule has 1 atom stereocenters. The maximum Gasteiger partial charge on any atom is 0.355 e. The molecule has 1 unspecified atom stereocenters. The van der Waals surface area contributed by atoms with Crippen molar-refractivity contribution in [3.63, 3.8) is 0 Å². The maximum absolute atomic E-state index is 14.5. The fourth-order valence-electron chi connectivity index (χ4n) is 6.27. The highest BCUT2D eigenvalue weighted by Crippen LogP contribution is 2.56. The zero-order valence-corrected chi connectivity index (χ0v) is 28.0. The van der Waals surface area contributed by atoms with Crippen LogP contribution in [0, 0.1) is 0 Å². The van der Waals surface area contributed by atoms with Gasteiger partial charge in [-0.3, -0.25) is 4.90 Å². The van der Waals surface area contributed by atoms with Crippen LogP contribution in [0.5, 0.6) is 0 Å². The van der Waals surface area contributed by atoms with Crippen molar-refractivity contribution < 1.29 is 28.6 Å². The summed E-state index contributed by atoms with van der Waals surface area (Å²) in [5.41, 5.74) is 0.357. The predicted molar refractivity (Wildman–Crippen MR) is 188 cm³/mol. The molecule has 0 radical (unpaired) electrons. The van der Waals surface area contributed by atoms with E-state index in [1.54, 1.807) is 43.1 Å². The Hall–Kier alpha value is -5.87. The van der Waals surface area contributed by atoms with Gasteiger partial charge in [-0.25, -0.2) is 19.4 Å². The summed E-state index contributed by atoms with van der Waals surface area (Å²) in [5, 5.41) is 7.32. The summed E-state index contributed by atoms with van der Waals surface area (Å²) >= 11 is 6.33. The number of methoxy groups -OCH3 is 2. The van der Waals surface area contributed by atoms with E-state index in [1.165, 1.54) is 19.1 Å². The van der Waals surface area contributed by atoms with Crippen molar-refractivity contribution in [2.24, 2.45) is 5.10 Å². The first-order chi connectivity index (χ1) is 23.8. The molecule has 10 nitrogen and oxygen atoms in total. The molecule has 6 rings (SSSR count). The zero-order valence-electron chi connectivity index (χ0n) is 27.3. The van der Waals surface area contributed by atoms with Gasteiger partial charge in [-0.2, -0.15) is 5.10 Å². The fourth-order valence-corrected chi connectivity index (χ4v) is 6.39. The number of hydrogen-bond acceptors (Lipinski definition) is 10. The van der Waals surface area contributed by atoms with Crippen LogP contribution in [-0.4, -0.2) is 50.2 Å². The van der Waals surface area contributed by atoms with Crippen LogP contribution >= 0.6 is 11.6 Å². The lowest BCUT2D eigenvalue weighted by Crippen LogP contribution is -2.61. The Morgan fingerprint density at radius 2 is 1.29 bits per heavy atom. The number of nitrogens with zero attached hydrogens (tertiary/aromatic N) is 4. The van der Waals surface area contributed by atoms with E-state index in [2.05, 4.69) is 0 Å². The van der Waals surface area contributed by atoms with Crippen LogP contribution in [0.4, 0.5) is 17.1 Å². The molecule has 2 aliphatic heterocycles. The highest BCUT2D eigenvalue weighted by atomic mass is 35.5. The topological polar surface area (TPSA) is 101 Å². The molecule has 1 spiro atoms. The van der Waals surface area contributed by atoms with Crippen molar-refractivity contribution in [3.8, 4) is 0 Å². The number of amidine groups is 1. The molecule has 248 valence electrons. The number of carbonyl (C=O) groups is 3. The molecular formula is C38H33ClN4O6. The first-order valence-corrected chi connectivity index (χ1v) is 15.9. The van der Waals surface area contributed by atoms with E-state index >= 15 is 0 Å².